The van der Waals surface area contributed by atoms with E-state index in [1.165, 1.54) is 6.08 Å². The Balaban J connectivity index is 2.30. The molecule has 0 spiro atoms. The summed E-state index contributed by atoms with van der Waals surface area (Å²) in [5, 5.41) is 9.22. The van der Waals surface area contributed by atoms with Gasteiger partial charge in [-0.3, -0.25) is 4.79 Å². The van der Waals surface area contributed by atoms with E-state index in [2.05, 4.69) is 12.6 Å². The highest BCUT2D eigenvalue weighted by Crippen LogP contribution is 2.33. The number of rotatable bonds is 4. The lowest BCUT2D eigenvalue weighted by atomic mass is 10.1. The van der Waals surface area contributed by atoms with Gasteiger partial charge in [0.2, 0.25) is 5.91 Å². The van der Waals surface area contributed by atoms with Gasteiger partial charge >= 0.3 is 12.1 Å². The normalized spacial score (nSPS) is 19.4. The van der Waals surface area contributed by atoms with Gasteiger partial charge in [-0.15, -0.1) is 0 Å². The number of aliphatic carboxylic acids is 1. The third-order valence-electron chi connectivity index (χ3n) is 3.59. The van der Waals surface area contributed by atoms with Crippen LogP contribution in [0.2, 0.25) is 0 Å². The Morgan fingerprint density at radius 2 is 1.91 bits per heavy atom. The number of thiol groups is 1. The topological polar surface area (TPSA) is 57.6 Å². The molecule has 0 radical (unpaired) electrons. The fraction of sp³-hybridized carbons (Fsp3) is 0.333. The van der Waals surface area contributed by atoms with Crippen molar-refractivity contribution in [3.8, 4) is 0 Å². The van der Waals surface area contributed by atoms with Crippen LogP contribution in [0.3, 0.4) is 0 Å². The standard InChI is InChI=1S/C15H14F3NO3S/c16-15(17,18)11(8-23)13(20)19-7-10(6-12(19)14(21)22)9-4-2-1-3-5-9/h1-6,11-12,23H,7-8H2,(H,21,22). The highest BCUT2D eigenvalue weighted by Gasteiger charge is 2.48. The lowest BCUT2D eigenvalue weighted by Crippen LogP contribution is -2.48. The molecule has 1 aromatic carbocycles. The summed E-state index contributed by atoms with van der Waals surface area (Å²) in [4.78, 5) is 24.2. The van der Waals surface area contributed by atoms with Gasteiger partial charge in [0.25, 0.3) is 0 Å². The van der Waals surface area contributed by atoms with Gasteiger partial charge in [-0.2, -0.15) is 25.8 Å². The molecule has 4 nitrogen and oxygen atoms in total. The second-order valence-electron chi connectivity index (χ2n) is 5.08. The van der Waals surface area contributed by atoms with Crippen LogP contribution < -0.4 is 0 Å². The molecular formula is C15H14F3NO3S. The Bertz CT molecular complexity index is 631. The minimum absolute atomic E-state index is 0.180. The second kappa shape index (κ2) is 6.66. The molecule has 0 saturated heterocycles. The Labute approximate surface area is 136 Å². The number of halogens is 3. The highest BCUT2D eigenvalue weighted by molar-refractivity contribution is 7.80. The first-order valence-corrected chi connectivity index (χ1v) is 7.36. The maximum Gasteiger partial charge on any atom is 0.401 e. The maximum absolute atomic E-state index is 12.9. The van der Waals surface area contributed by atoms with Crippen molar-refractivity contribution in [2.75, 3.05) is 12.3 Å². The zero-order chi connectivity index (χ0) is 17.2. The molecule has 0 saturated carbocycles. The number of alkyl halides is 3. The fourth-order valence-electron chi connectivity index (χ4n) is 2.40. The summed E-state index contributed by atoms with van der Waals surface area (Å²) in [5.74, 6) is -5.70. The van der Waals surface area contributed by atoms with Crippen LogP contribution in [0.1, 0.15) is 5.56 Å². The third-order valence-corrected chi connectivity index (χ3v) is 3.96. The molecule has 1 heterocycles. The predicted molar refractivity (Wildman–Crippen MR) is 81.0 cm³/mol. The number of hydrogen-bond donors (Lipinski definition) is 2. The Hall–Kier alpha value is -1.96. The second-order valence-corrected chi connectivity index (χ2v) is 5.45. The van der Waals surface area contributed by atoms with Gasteiger partial charge in [0.1, 0.15) is 12.0 Å². The largest absolute Gasteiger partial charge is 0.479 e. The van der Waals surface area contributed by atoms with E-state index in [1.54, 1.807) is 30.3 Å². The number of benzene rings is 1. The molecule has 0 aromatic heterocycles. The Morgan fingerprint density at radius 1 is 1.30 bits per heavy atom. The minimum atomic E-state index is -4.77. The van der Waals surface area contributed by atoms with E-state index >= 15 is 0 Å². The van der Waals surface area contributed by atoms with Crippen LogP contribution in [0.5, 0.6) is 0 Å². The van der Waals surface area contributed by atoms with Gasteiger partial charge in [0, 0.05) is 12.3 Å². The number of carboxylic acid groups (broad SMARTS) is 1. The molecule has 8 heteroatoms. The zero-order valence-corrected chi connectivity index (χ0v) is 12.7. The number of carbonyl (C=O) groups is 2. The molecule has 0 fully saturated rings. The summed E-state index contributed by atoms with van der Waals surface area (Å²) in [5.41, 5.74) is 1.18. The van der Waals surface area contributed by atoms with Gasteiger partial charge in [-0.05, 0) is 17.2 Å². The monoisotopic (exact) mass is 345 g/mol. The Morgan fingerprint density at radius 3 is 2.39 bits per heavy atom. The van der Waals surface area contributed by atoms with Crippen molar-refractivity contribution >= 4 is 30.1 Å². The molecule has 2 atom stereocenters. The van der Waals surface area contributed by atoms with Crippen LogP contribution in [-0.2, 0) is 9.59 Å². The van der Waals surface area contributed by atoms with Crippen molar-refractivity contribution in [1.82, 2.24) is 4.90 Å². The van der Waals surface area contributed by atoms with E-state index in [0.29, 0.717) is 11.1 Å². The Kier molecular flexibility index (Phi) is 5.03. The lowest BCUT2D eigenvalue weighted by Gasteiger charge is -2.27. The minimum Gasteiger partial charge on any atom is -0.479 e. The first kappa shape index (κ1) is 17.4. The van der Waals surface area contributed by atoms with Crippen LogP contribution in [0.15, 0.2) is 36.4 Å². The summed E-state index contributed by atoms with van der Waals surface area (Å²) in [6.45, 7) is -0.180. The average molecular weight is 345 g/mol. The van der Waals surface area contributed by atoms with Crippen LogP contribution in [0.4, 0.5) is 13.2 Å². The molecule has 2 unspecified atom stereocenters. The van der Waals surface area contributed by atoms with E-state index in [-0.39, 0.29) is 6.54 Å². The van der Waals surface area contributed by atoms with Crippen LogP contribution in [0, 0.1) is 5.92 Å². The van der Waals surface area contributed by atoms with E-state index in [4.69, 9.17) is 0 Å². The predicted octanol–water partition coefficient (Wildman–Crippen LogP) is 2.47. The number of amides is 1. The van der Waals surface area contributed by atoms with Crippen molar-refractivity contribution in [2.24, 2.45) is 5.92 Å². The summed E-state index contributed by atoms with van der Waals surface area (Å²) < 4.78 is 38.7. The van der Waals surface area contributed by atoms with Gasteiger partial charge in [-0.1, -0.05) is 30.3 Å². The molecule has 1 aromatic rings. The van der Waals surface area contributed by atoms with Crippen molar-refractivity contribution in [3.05, 3.63) is 42.0 Å². The number of nitrogens with zero attached hydrogens (tertiary/aromatic N) is 1. The van der Waals surface area contributed by atoms with Gasteiger partial charge in [-0.25, -0.2) is 4.79 Å². The van der Waals surface area contributed by atoms with E-state index in [0.717, 1.165) is 4.90 Å². The van der Waals surface area contributed by atoms with Crippen LogP contribution in [0.25, 0.3) is 5.57 Å². The summed E-state index contributed by atoms with van der Waals surface area (Å²) in [7, 11) is 0. The summed E-state index contributed by atoms with van der Waals surface area (Å²) in [6.07, 6.45) is -3.46. The SMILES string of the molecule is O=C(O)C1C=C(c2ccccc2)CN1C(=O)C(CS)C(F)(F)F. The first-order chi connectivity index (χ1) is 10.8. The lowest BCUT2D eigenvalue weighted by molar-refractivity contribution is -0.185. The van der Waals surface area contributed by atoms with Crippen molar-refractivity contribution in [1.29, 1.82) is 0 Å². The molecule has 2 rings (SSSR count). The number of carbonyl (C=O) groups excluding carboxylic acids is 1. The van der Waals surface area contributed by atoms with Gasteiger partial charge < -0.3 is 10.0 Å². The van der Waals surface area contributed by atoms with Gasteiger partial charge in [0.15, 0.2) is 0 Å². The molecule has 1 amide bonds. The molecule has 0 bridgehead atoms. The third kappa shape index (κ3) is 3.69. The number of hydrogen-bond acceptors (Lipinski definition) is 3. The molecule has 23 heavy (non-hydrogen) atoms. The quantitative estimate of drug-likeness (QED) is 0.825. The van der Waals surface area contributed by atoms with Gasteiger partial charge in [0.05, 0.1) is 0 Å². The van der Waals surface area contributed by atoms with Crippen LogP contribution in [-0.4, -0.2) is 46.4 Å². The van der Waals surface area contributed by atoms with Crippen molar-refractivity contribution < 1.29 is 27.9 Å². The van der Waals surface area contributed by atoms with E-state index < -0.39 is 35.8 Å². The fourth-order valence-corrected chi connectivity index (χ4v) is 2.76. The van der Waals surface area contributed by atoms with Crippen LogP contribution >= 0.6 is 12.6 Å². The molecule has 0 aliphatic carbocycles. The molecule has 1 aliphatic rings. The average Bonchev–Trinajstić information content (AvgIpc) is 2.92. The van der Waals surface area contributed by atoms with Crippen molar-refractivity contribution in [3.63, 3.8) is 0 Å². The number of carboxylic acids is 1. The molecular weight excluding hydrogens is 331 g/mol. The first-order valence-electron chi connectivity index (χ1n) is 6.72. The molecule has 1 aliphatic heterocycles. The van der Waals surface area contributed by atoms with E-state index in [1.807, 2.05) is 0 Å². The van der Waals surface area contributed by atoms with Crippen molar-refractivity contribution in [2.45, 2.75) is 12.2 Å². The summed E-state index contributed by atoms with van der Waals surface area (Å²) in [6, 6.07) is 7.21. The molecule has 124 valence electrons. The molecule has 1 N–H and O–H groups in total. The smallest absolute Gasteiger partial charge is 0.401 e. The maximum atomic E-state index is 12.9. The zero-order valence-electron chi connectivity index (χ0n) is 11.8. The summed E-state index contributed by atoms with van der Waals surface area (Å²) >= 11 is 3.58. The highest BCUT2D eigenvalue weighted by atomic mass is 32.1. The van der Waals surface area contributed by atoms with E-state index in [9.17, 15) is 27.9 Å².